The van der Waals surface area contributed by atoms with Crippen LogP contribution in [0.25, 0.3) is 0 Å². The first-order valence-electron chi connectivity index (χ1n) is 8.71. The third kappa shape index (κ3) is 3.25. The van der Waals surface area contributed by atoms with Crippen molar-refractivity contribution in [1.29, 1.82) is 0 Å². The number of aryl methyl sites for hydroxylation is 2. The van der Waals surface area contributed by atoms with Gasteiger partial charge in [-0.2, -0.15) is 0 Å². The number of hydrogen-bond donors (Lipinski definition) is 1. The molecule has 0 bridgehead atoms. The maximum Gasteiger partial charge on any atom is 0.00983 e. The molecule has 1 N–H and O–H groups in total. The quantitative estimate of drug-likeness (QED) is 0.806. The van der Waals surface area contributed by atoms with Crippen LogP contribution in [-0.4, -0.2) is 12.6 Å². The average molecular weight is 271 g/mol. The van der Waals surface area contributed by atoms with Crippen LogP contribution in [0.5, 0.6) is 0 Å². The fourth-order valence-corrected chi connectivity index (χ4v) is 4.21. The van der Waals surface area contributed by atoms with E-state index in [1.54, 1.807) is 16.7 Å². The van der Waals surface area contributed by atoms with Gasteiger partial charge in [0.05, 0.1) is 0 Å². The molecule has 0 saturated heterocycles. The van der Waals surface area contributed by atoms with Crippen LogP contribution in [0.15, 0.2) is 18.2 Å². The second-order valence-corrected chi connectivity index (χ2v) is 6.72. The zero-order valence-electron chi connectivity index (χ0n) is 13.0. The molecular formula is C19H29N. The van der Waals surface area contributed by atoms with Crippen LogP contribution < -0.4 is 5.32 Å². The molecular weight excluding hydrogens is 242 g/mol. The van der Waals surface area contributed by atoms with Crippen LogP contribution in [0.3, 0.4) is 0 Å². The van der Waals surface area contributed by atoms with E-state index in [-0.39, 0.29) is 0 Å². The van der Waals surface area contributed by atoms with Crippen molar-refractivity contribution in [2.24, 2.45) is 5.92 Å². The fourth-order valence-electron chi connectivity index (χ4n) is 4.21. The van der Waals surface area contributed by atoms with Crippen LogP contribution >= 0.6 is 0 Å². The normalized spacial score (nSPS) is 26.2. The van der Waals surface area contributed by atoms with E-state index in [9.17, 15) is 0 Å². The Labute approximate surface area is 124 Å². The fraction of sp³-hybridized carbons (Fsp3) is 0.684. The highest BCUT2D eigenvalue weighted by Gasteiger charge is 2.23. The topological polar surface area (TPSA) is 12.0 Å². The third-order valence-corrected chi connectivity index (χ3v) is 5.29. The van der Waals surface area contributed by atoms with E-state index < -0.39 is 0 Å². The van der Waals surface area contributed by atoms with Crippen molar-refractivity contribution in [1.82, 2.24) is 5.32 Å². The molecule has 110 valence electrons. The zero-order chi connectivity index (χ0) is 13.8. The second-order valence-electron chi connectivity index (χ2n) is 6.72. The summed E-state index contributed by atoms with van der Waals surface area (Å²) in [6, 6.07) is 8.06. The molecule has 0 aromatic heterocycles. The lowest BCUT2D eigenvalue weighted by Crippen LogP contribution is -2.36. The maximum atomic E-state index is 3.75. The van der Waals surface area contributed by atoms with E-state index >= 15 is 0 Å². The first-order chi connectivity index (χ1) is 9.86. The molecule has 2 aliphatic rings. The van der Waals surface area contributed by atoms with Gasteiger partial charge in [-0.1, -0.05) is 44.4 Å². The van der Waals surface area contributed by atoms with E-state index in [2.05, 4.69) is 30.4 Å². The van der Waals surface area contributed by atoms with E-state index in [0.29, 0.717) is 0 Å². The molecule has 0 radical (unpaired) electrons. The Kier molecular flexibility index (Phi) is 4.77. The molecule has 1 saturated carbocycles. The van der Waals surface area contributed by atoms with Gasteiger partial charge < -0.3 is 5.32 Å². The minimum atomic E-state index is 0.746. The molecule has 0 amide bonds. The van der Waals surface area contributed by atoms with Gasteiger partial charge in [-0.05, 0) is 67.7 Å². The van der Waals surface area contributed by atoms with Gasteiger partial charge in [0.2, 0.25) is 0 Å². The van der Waals surface area contributed by atoms with Gasteiger partial charge in [0.25, 0.3) is 0 Å². The predicted molar refractivity (Wildman–Crippen MR) is 86.2 cm³/mol. The largest absolute Gasteiger partial charge is 0.314 e. The van der Waals surface area contributed by atoms with Gasteiger partial charge in [-0.25, -0.2) is 0 Å². The molecule has 2 atom stereocenters. The lowest BCUT2D eigenvalue weighted by molar-refractivity contribution is 0.337. The summed E-state index contributed by atoms with van der Waals surface area (Å²) in [5.74, 6) is 0.844. The van der Waals surface area contributed by atoms with Crippen LogP contribution in [0, 0.1) is 5.92 Å². The van der Waals surface area contributed by atoms with Gasteiger partial charge in [-0.15, -0.1) is 0 Å². The molecule has 0 spiro atoms. The summed E-state index contributed by atoms with van der Waals surface area (Å²) in [4.78, 5) is 0. The van der Waals surface area contributed by atoms with E-state index in [0.717, 1.165) is 18.5 Å². The summed E-state index contributed by atoms with van der Waals surface area (Å²) in [5.41, 5.74) is 4.83. The van der Waals surface area contributed by atoms with Gasteiger partial charge in [0, 0.05) is 6.04 Å². The highest BCUT2D eigenvalue weighted by Crippen LogP contribution is 2.29. The minimum Gasteiger partial charge on any atom is -0.314 e. The molecule has 1 heteroatoms. The highest BCUT2D eigenvalue weighted by atomic mass is 14.9. The molecule has 1 aromatic carbocycles. The van der Waals surface area contributed by atoms with Gasteiger partial charge in [0.1, 0.15) is 0 Å². The summed E-state index contributed by atoms with van der Waals surface area (Å²) >= 11 is 0. The maximum absolute atomic E-state index is 3.75. The summed E-state index contributed by atoms with van der Waals surface area (Å²) in [6.45, 7) is 3.36. The van der Waals surface area contributed by atoms with Gasteiger partial charge >= 0.3 is 0 Å². The second kappa shape index (κ2) is 6.76. The molecule has 1 nitrogen and oxygen atoms in total. The third-order valence-electron chi connectivity index (χ3n) is 5.29. The summed E-state index contributed by atoms with van der Waals surface area (Å²) < 4.78 is 0. The van der Waals surface area contributed by atoms with E-state index in [1.807, 2.05) is 0 Å². The van der Waals surface area contributed by atoms with Crippen molar-refractivity contribution in [3.05, 3.63) is 34.9 Å². The van der Waals surface area contributed by atoms with Crippen LogP contribution in [-0.2, 0) is 19.3 Å². The number of hydrogen-bond acceptors (Lipinski definition) is 1. The van der Waals surface area contributed by atoms with Crippen molar-refractivity contribution < 1.29 is 0 Å². The predicted octanol–water partition coefficient (Wildman–Crippen LogP) is 4.28. The Morgan fingerprint density at radius 2 is 1.85 bits per heavy atom. The molecule has 1 aromatic rings. The first kappa shape index (κ1) is 14.1. The molecule has 1 fully saturated rings. The SMILES string of the molecule is CCNC1CCCCCC1Cc1ccc2c(c1)CCC2. The van der Waals surface area contributed by atoms with Gasteiger partial charge in [0.15, 0.2) is 0 Å². The summed E-state index contributed by atoms with van der Waals surface area (Å²) in [6.07, 6.45) is 12.3. The minimum absolute atomic E-state index is 0.746. The first-order valence-corrected chi connectivity index (χ1v) is 8.71. The Morgan fingerprint density at radius 3 is 2.75 bits per heavy atom. The standard InChI is InChI=1S/C19H29N/c1-2-20-19-10-5-3-4-7-18(19)14-15-11-12-16-8-6-9-17(16)13-15/h11-13,18-20H,2-10,14H2,1H3. The smallest absolute Gasteiger partial charge is 0.00983 e. The Bertz CT molecular complexity index is 437. The number of nitrogens with one attached hydrogen (secondary N) is 1. The Balaban J connectivity index is 1.70. The lowest BCUT2D eigenvalue weighted by atomic mass is 9.87. The number of fused-ring (bicyclic) bond motifs is 1. The molecule has 3 rings (SSSR count). The highest BCUT2D eigenvalue weighted by molar-refractivity contribution is 5.35. The monoisotopic (exact) mass is 271 g/mol. The van der Waals surface area contributed by atoms with Crippen molar-refractivity contribution in [3.8, 4) is 0 Å². The number of rotatable bonds is 4. The van der Waals surface area contributed by atoms with Crippen LogP contribution in [0.4, 0.5) is 0 Å². The Hall–Kier alpha value is -0.820. The lowest BCUT2D eigenvalue weighted by Gasteiger charge is -2.26. The van der Waals surface area contributed by atoms with Crippen LogP contribution in [0.1, 0.15) is 62.1 Å². The van der Waals surface area contributed by atoms with Gasteiger partial charge in [-0.3, -0.25) is 0 Å². The molecule has 2 unspecified atom stereocenters. The summed E-state index contributed by atoms with van der Waals surface area (Å²) in [5, 5.41) is 3.75. The van der Waals surface area contributed by atoms with Crippen molar-refractivity contribution in [2.75, 3.05) is 6.54 Å². The van der Waals surface area contributed by atoms with Crippen molar-refractivity contribution >= 4 is 0 Å². The van der Waals surface area contributed by atoms with E-state index in [1.165, 1.54) is 57.8 Å². The number of benzene rings is 1. The molecule has 2 aliphatic carbocycles. The zero-order valence-corrected chi connectivity index (χ0v) is 13.0. The van der Waals surface area contributed by atoms with Crippen molar-refractivity contribution in [2.45, 2.75) is 70.8 Å². The van der Waals surface area contributed by atoms with E-state index in [4.69, 9.17) is 0 Å². The van der Waals surface area contributed by atoms with Crippen LogP contribution in [0.2, 0.25) is 0 Å². The molecule has 0 heterocycles. The Morgan fingerprint density at radius 1 is 1.00 bits per heavy atom. The average Bonchev–Trinajstić information content (AvgIpc) is 2.82. The van der Waals surface area contributed by atoms with Crippen molar-refractivity contribution in [3.63, 3.8) is 0 Å². The molecule has 0 aliphatic heterocycles. The molecule has 20 heavy (non-hydrogen) atoms. The summed E-state index contributed by atoms with van der Waals surface area (Å²) in [7, 11) is 0.